The second-order valence-corrected chi connectivity index (χ2v) is 11.6. The van der Waals surface area contributed by atoms with Crippen LogP contribution in [-0.2, 0) is 26.0 Å². The van der Waals surface area contributed by atoms with Crippen molar-refractivity contribution in [2.45, 2.75) is 50.5 Å². The molecule has 0 aliphatic carbocycles. The third-order valence-electron chi connectivity index (χ3n) is 6.96. The predicted octanol–water partition coefficient (Wildman–Crippen LogP) is 4.67. The van der Waals surface area contributed by atoms with Crippen LogP contribution in [0.1, 0.15) is 38.7 Å². The number of nitrogens with zero attached hydrogens (tertiary/aromatic N) is 2. The number of amides is 2. The maximum Gasteiger partial charge on any atom is 0.264 e. The van der Waals surface area contributed by atoms with Crippen molar-refractivity contribution in [1.29, 1.82) is 0 Å². The Morgan fingerprint density at radius 2 is 1.57 bits per heavy atom. The Balaban J connectivity index is 2.06. The minimum atomic E-state index is -4.23. The molecule has 0 aliphatic heterocycles. The summed E-state index contributed by atoms with van der Waals surface area (Å²) in [7, 11) is -1.32. The largest absolute Gasteiger partial charge is 0.497 e. The number of methoxy groups -OCH3 is 2. The molecule has 1 unspecified atom stereocenters. The zero-order chi connectivity index (χ0) is 30.5. The van der Waals surface area contributed by atoms with Crippen molar-refractivity contribution in [3.63, 3.8) is 0 Å². The van der Waals surface area contributed by atoms with Crippen molar-refractivity contribution in [2.24, 2.45) is 0 Å². The van der Waals surface area contributed by atoms with Crippen LogP contribution in [-0.4, -0.2) is 65.0 Å². The maximum absolute atomic E-state index is 14.2. The summed E-state index contributed by atoms with van der Waals surface area (Å²) in [6.07, 6.45) is 2.60. The van der Waals surface area contributed by atoms with Gasteiger partial charge in [0, 0.05) is 19.2 Å². The number of unbranched alkanes of at least 4 members (excludes halogenated alkanes) is 1. The Hall–Kier alpha value is -4.05. The lowest BCUT2D eigenvalue weighted by Gasteiger charge is -2.33. The maximum atomic E-state index is 14.2. The van der Waals surface area contributed by atoms with Crippen molar-refractivity contribution in [1.82, 2.24) is 10.2 Å². The van der Waals surface area contributed by atoms with Crippen LogP contribution >= 0.6 is 0 Å². The summed E-state index contributed by atoms with van der Waals surface area (Å²) in [6.45, 7) is 4.07. The minimum Gasteiger partial charge on any atom is -0.497 e. The number of carbonyl (C=O) groups is 2. The summed E-state index contributed by atoms with van der Waals surface area (Å²) in [6, 6.07) is 21.6. The van der Waals surface area contributed by atoms with Gasteiger partial charge in [-0.15, -0.1) is 0 Å². The van der Waals surface area contributed by atoms with E-state index in [0.717, 1.165) is 22.7 Å². The van der Waals surface area contributed by atoms with Crippen LogP contribution in [0, 0.1) is 0 Å². The number of carbonyl (C=O) groups excluding carboxylic acids is 2. The molecule has 0 saturated heterocycles. The molecule has 0 heterocycles. The third-order valence-corrected chi connectivity index (χ3v) is 8.74. The zero-order valence-electron chi connectivity index (χ0n) is 24.8. The van der Waals surface area contributed by atoms with Crippen LogP contribution in [0.5, 0.6) is 11.5 Å². The van der Waals surface area contributed by atoms with Gasteiger partial charge >= 0.3 is 0 Å². The van der Waals surface area contributed by atoms with Gasteiger partial charge in [0.05, 0.1) is 24.8 Å². The van der Waals surface area contributed by atoms with E-state index in [1.807, 2.05) is 44.2 Å². The Morgan fingerprint density at radius 3 is 2.17 bits per heavy atom. The first-order chi connectivity index (χ1) is 20.3. The van der Waals surface area contributed by atoms with E-state index in [2.05, 4.69) is 5.32 Å². The highest BCUT2D eigenvalue weighted by Crippen LogP contribution is 2.36. The molecule has 3 rings (SSSR count). The second-order valence-electron chi connectivity index (χ2n) is 9.75. The highest BCUT2D eigenvalue weighted by molar-refractivity contribution is 7.92. The molecular weight excluding hydrogens is 554 g/mol. The number of ether oxygens (including phenoxy) is 2. The van der Waals surface area contributed by atoms with Gasteiger partial charge in [-0.3, -0.25) is 13.9 Å². The van der Waals surface area contributed by atoms with E-state index in [1.165, 1.54) is 37.3 Å². The van der Waals surface area contributed by atoms with E-state index in [0.29, 0.717) is 25.1 Å². The predicted molar refractivity (Wildman–Crippen MR) is 164 cm³/mol. The number of benzene rings is 3. The first-order valence-corrected chi connectivity index (χ1v) is 15.6. The van der Waals surface area contributed by atoms with Crippen molar-refractivity contribution in [3.05, 3.63) is 84.4 Å². The number of rotatable bonds is 16. The first kappa shape index (κ1) is 32.5. The smallest absolute Gasteiger partial charge is 0.264 e. The summed E-state index contributed by atoms with van der Waals surface area (Å²) in [4.78, 5) is 29.0. The van der Waals surface area contributed by atoms with E-state index >= 15 is 0 Å². The molecule has 226 valence electrons. The quantitative estimate of drug-likeness (QED) is 0.242. The number of anilines is 1. The molecule has 42 heavy (non-hydrogen) atoms. The van der Waals surface area contributed by atoms with Gasteiger partial charge in [-0.25, -0.2) is 8.42 Å². The van der Waals surface area contributed by atoms with Gasteiger partial charge in [-0.2, -0.15) is 0 Å². The molecule has 0 fully saturated rings. The van der Waals surface area contributed by atoms with Gasteiger partial charge in [-0.05, 0) is 49.1 Å². The molecule has 0 bridgehead atoms. The molecule has 0 spiro atoms. The van der Waals surface area contributed by atoms with Crippen LogP contribution in [0.2, 0.25) is 0 Å². The Morgan fingerprint density at radius 1 is 0.905 bits per heavy atom. The van der Waals surface area contributed by atoms with Crippen LogP contribution < -0.4 is 19.1 Å². The topological polar surface area (TPSA) is 105 Å². The zero-order valence-corrected chi connectivity index (χ0v) is 25.6. The molecular formula is C32H41N3O6S. The molecule has 1 N–H and O–H groups in total. The molecule has 3 aromatic rings. The molecule has 0 aromatic heterocycles. The molecule has 10 heteroatoms. The van der Waals surface area contributed by atoms with Gasteiger partial charge in [0.2, 0.25) is 11.8 Å². The number of sulfonamides is 1. The minimum absolute atomic E-state index is 0.0165. The van der Waals surface area contributed by atoms with Crippen LogP contribution in [0.15, 0.2) is 83.8 Å². The lowest BCUT2D eigenvalue weighted by Crippen LogP contribution is -2.53. The molecule has 1 atom stereocenters. The average Bonchev–Trinajstić information content (AvgIpc) is 3.02. The van der Waals surface area contributed by atoms with Crippen LogP contribution in [0.4, 0.5) is 5.69 Å². The average molecular weight is 596 g/mol. The number of hydrogen-bond donors (Lipinski definition) is 1. The molecule has 0 saturated carbocycles. The van der Waals surface area contributed by atoms with Crippen molar-refractivity contribution in [3.8, 4) is 11.5 Å². The Labute approximate surface area is 249 Å². The normalized spacial score (nSPS) is 11.8. The summed E-state index contributed by atoms with van der Waals surface area (Å²) >= 11 is 0. The Kier molecular flexibility index (Phi) is 12.2. The highest BCUT2D eigenvalue weighted by Gasteiger charge is 2.34. The van der Waals surface area contributed by atoms with Crippen molar-refractivity contribution in [2.75, 3.05) is 38.2 Å². The van der Waals surface area contributed by atoms with Crippen molar-refractivity contribution < 1.29 is 27.5 Å². The first-order valence-electron chi connectivity index (χ1n) is 14.2. The van der Waals surface area contributed by atoms with E-state index < -0.39 is 28.5 Å². The molecule has 9 nitrogen and oxygen atoms in total. The van der Waals surface area contributed by atoms with Gasteiger partial charge < -0.3 is 19.7 Å². The standard InChI is InChI=1S/C32H41N3O6S/c1-5-7-21-33-32(37)28(6-2)34(22-20-25-14-10-8-11-15-25)31(36)24-35(42(38,39)27-16-12-9-13-17-27)29-23-26(40-3)18-19-30(29)41-4/h8-19,23,28H,5-7,20-22,24H2,1-4H3,(H,33,37). The summed E-state index contributed by atoms with van der Waals surface area (Å²) in [5.74, 6) is -0.117. The SMILES string of the molecule is CCCCNC(=O)C(CC)N(CCc1ccccc1)C(=O)CN(c1cc(OC)ccc1OC)S(=O)(=O)c1ccccc1. The summed E-state index contributed by atoms with van der Waals surface area (Å²) in [5, 5.41) is 2.94. The molecule has 0 aliphatic rings. The van der Waals surface area contributed by atoms with Gasteiger partial charge in [0.25, 0.3) is 10.0 Å². The lowest BCUT2D eigenvalue weighted by molar-refractivity contribution is -0.139. The number of nitrogens with one attached hydrogen (secondary N) is 1. The fourth-order valence-electron chi connectivity index (χ4n) is 4.63. The molecule has 0 radical (unpaired) electrons. The highest BCUT2D eigenvalue weighted by atomic mass is 32.2. The fourth-order valence-corrected chi connectivity index (χ4v) is 6.06. The van der Waals surface area contributed by atoms with E-state index in [1.54, 1.807) is 30.3 Å². The number of hydrogen-bond acceptors (Lipinski definition) is 6. The van der Waals surface area contributed by atoms with E-state index in [4.69, 9.17) is 9.47 Å². The molecule has 3 aromatic carbocycles. The fraction of sp³-hybridized carbons (Fsp3) is 0.375. The van der Waals surface area contributed by atoms with Gasteiger partial charge in [-0.1, -0.05) is 68.8 Å². The van der Waals surface area contributed by atoms with E-state index in [-0.39, 0.29) is 28.8 Å². The summed E-state index contributed by atoms with van der Waals surface area (Å²) < 4.78 is 40.0. The van der Waals surface area contributed by atoms with E-state index in [9.17, 15) is 18.0 Å². The monoisotopic (exact) mass is 595 g/mol. The molecule has 2 amide bonds. The van der Waals surface area contributed by atoms with Crippen LogP contribution in [0.3, 0.4) is 0 Å². The van der Waals surface area contributed by atoms with Crippen molar-refractivity contribution >= 4 is 27.5 Å². The second kappa shape index (κ2) is 15.8. The van der Waals surface area contributed by atoms with Gasteiger partial charge in [0.1, 0.15) is 24.1 Å². The van der Waals surface area contributed by atoms with Crippen LogP contribution in [0.25, 0.3) is 0 Å². The summed E-state index contributed by atoms with van der Waals surface area (Å²) in [5.41, 5.74) is 1.15. The third kappa shape index (κ3) is 8.25. The Bertz CT molecular complexity index is 1400. The van der Waals surface area contributed by atoms with Gasteiger partial charge in [0.15, 0.2) is 0 Å². The lowest BCUT2D eigenvalue weighted by atomic mass is 10.1.